The molecule has 1 N–H and O–H groups in total. The van der Waals surface area contributed by atoms with Crippen molar-refractivity contribution in [2.75, 3.05) is 19.2 Å². The van der Waals surface area contributed by atoms with Crippen molar-refractivity contribution < 1.29 is 14.3 Å². The summed E-state index contributed by atoms with van der Waals surface area (Å²) < 4.78 is 10.7. The Morgan fingerprint density at radius 3 is 2.94 bits per heavy atom. The number of rotatable bonds is 3. The number of nitrogens with one attached hydrogen (secondary N) is 1. The van der Waals surface area contributed by atoms with Crippen LogP contribution in [0, 0.1) is 0 Å². The number of aldehydes is 1. The number of carbonyl (C=O) groups is 1. The Morgan fingerprint density at radius 2 is 2.31 bits per heavy atom. The van der Waals surface area contributed by atoms with Crippen LogP contribution in [0.25, 0.3) is 0 Å². The lowest BCUT2D eigenvalue weighted by Gasteiger charge is -2.12. The van der Waals surface area contributed by atoms with Gasteiger partial charge in [-0.05, 0) is 30.5 Å². The predicted octanol–water partition coefficient (Wildman–Crippen LogP) is 1.69. The van der Waals surface area contributed by atoms with Gasteiger partial charge in [0, 0.05) is 0 Å². The molecule has 4 nitrogen and oxygen atoms in total. The van der Waals surface area contributed by atoms with Crippen LogP contribution in [-0.4, -0.2) is 20.1 Å². The highest BCUT2D eigenvalue weighted by Crippen LogP contribution is 2.50. The summed E-state index contributed by atoms with van der Waals surface area (Å²) in [6.07, 6.45) is 2.88. The zero-order valence-corrected chi connectivity index (χ0v) is 9.08. The second kappa shape index (κ2) is 3.14. The quantitative estimate of drug-likeness (QED) is 0.786. The molecule has 0 amide bonds. The number of fused-ring (bicyclic) bond motifs is 1. The molecule has 1 aliphatic heterocycles. The molecular formula is C12H13NO3. The maximum absolute atomic E-state index is 11.1. The minimum absolute atomic E-state index is 0.283. The number of hydrogen-bond acceptors (Lipinski definition) is 4. The Bertz CT molecular complexity index is 452. The van der Waals surface area contributed by atoms with Gasteiger partial charge in [-0.15, -0.1) is 0 Å². The van der Waals surface area contributed by atoms with E-state index in [1.165, 1.54) is 0 Å². The molecule has 4 heteroatoms. The van der Waals surface area contributed by atoms with Crippen LogP contribution in [0.5, 0.6) is 11.5 Å². The third kappa shape index (κ3) is 1.19. The van der Waals surface area contributed by atoms with Crippen molar-refractivity contribution in [2.45, 2.75) is 18.3 Å². The molecule has 0 aromatic heterocycles. The smallest absolute Gasteiger partial charge is 0.159 e. The molecule has 2 aliphatic rings. The van der Waals surface area contributed by atoms with E-state index in [1.54, 1.807) is 7.11 Å². The second-order valence-electron chi connectivity index (χ2n) is 4.29. The molecule has 1 aliphatic carbocycles. The molecule has 1 aromatic carbocycles. The largest absolute Gasteiger partial charge is 0.494 e. The fraction of sp³-hybridized carbons (Fsp3) is 0.417. The normalized spacial score (nSPS) is 19.3. The third-order valence-electron chi connectivity index (χ3n) is 3.35. The minimum atomic E-state index is -0.283. The molecule has 0 radical (unpaired) electrons. The SMILES string of the molecule is COc1cc(C2(C=O)CC2)cc2c1NCO2. The topological polar surface area (TPSA) is 47.6 Å². The van der Waals surface area contributed by atoms with Crippen LogP contribution in [0.1, 0.15) is 18.4 Å². The highest BCUT2D eigenvalue weighted by atomic mass is 16.5. The van der Waals surface area contributed by atoms with Crippen LogP contribution in [0.15, 0.2) is 12.1 Å². The van der Waals surface area contributed by atoms with Crippen molar-refractivity contribution in [3.8, 4) is 11.5 Å². The number of benzene rings is 1. The van der Waals surface area contributed by atoms with Gasteiger partial charge in [0.1, 0.15) is 23.5 Å². The standard InChI is InChI=1S/C12H13NO3/c1-15-9-4-8(12(6-14)2-3-12)5-10-11(9)13-7-16-10/h4-6,13H,2-3,7H2,1H3. The Hall–Kier alpha value is -1.71. The highest BCUT2D eigenvalue weighted by Gasteiger charge is 2.45. The Kier molecular flexibility index (Phi) is 1.87. The van der Waals surface area contributed by atoms with Crippen LogP contribution < -0.4 is 14.8 Å². The van der Waals surface area contributed by atoms with Crippen molar-refractivity contribution in [3.05, 3.63) is 17.7 Å². The van der Waals surface area contributed by atoms with E-state index in [2.05, 4.69) is 5.32 Å². The van der Waals surface area contributed by atoms with E-state index in [-0.39, 0.29) is 5.41 Å². The van der Waals surface area contributed by atoms with Crippen LogP contribution in [0.4, 0.5) is 5.69 Å². The third-order valence-corrected chi connectivity index (χ3v) is 3.35. The van der Waals surface area contributed by atoms with Gasteiger partial charge in [-0.2, -0.15) is 0 Å². The number of hydrogen-bond donors (Lipinski definition) is 1. The summed E-state index contributed by atoms with van der Waals surface area (Å²) in [6.45, 7) is 0.462. The Balaban J connectivity index is 2.11. The first-order valence-corrected chi connectivity index (χ1v) is 5.34. The van der Waals surface area contributed by atoms with Crippen LogP contribution in [0.3, 0.4) is 0 Å². The zero-order valence-electron chi connectivity index (χ0n) is 9.08. The summed E-state index contributed by atoms with van der Waals surface area (Å²) in [4.78, 5) is 11.1. The van der Waals surface area contributed by atoms with E-state index in [9.17, 15) is 4.79 Å². The maximum Gasteiger partial charge on any atom is 0.159 e. The van der Waals surface area contributed by atoms with Gasteiger partial charge in [0.15, 0.2) is 6.73 Å². The van der Waals surface area contributed by atoms with Crippen molar-refractivity contribution in [3.63, 3.8) is 0 Å². The van der Waals surface area contributed by atoms with E-state index >= 15 is 0 Å². The first-order valence-electron chi connectivity index (χ1n) is 5.34. The number of ether oxygens (including phenoxy) is 2. The van der Waals surface area contributed by atoms with Crippen LogP contribution >= 0.6 is 0 Å². The summed E-state index contributed by atoms with van der Waals surface area (Å²) in [5, 5.41) is 3.10. The molecule has 0 unspecified atom stereocenters. The van der Waals surface area contributed by atoms with E-state index in [0.717, 1.165) is 41.9 Å². The van der Waals surface area contributed by atoms with Gasteiger partial charge in [0.25, 0.3) is 0 Å². The van der Waals surface area contributed by atoms with Crippen molar-refractivity contribution in [1.82, 2.24) is 0 Å². The van der Waals surface area contributed by atoms with Crippen molar-refractivity contribution in [2.24, 2.45) is 0 Å². The second-order valence-corrected chi connectivity index (χ2v) is 4.29. The number of carbonyl (C=O) groups excluding carboxylic acids is 1. The van der Waals surface area contributed by atoms with Gasteiger partial charge in [0.05, 0.1) is 12.5 Å². The van der Waals surface area contributed by atoms with Gasteiger partial charge in [0.2, 0.25) is 0 Å². The first kappa shape index (κ1) is 9.51. The van der Waals surface area contributed by atoms with Gasteiger partial charge in [-0.25, -0.2) is 0 Å². The molecule has 0 atom stereocenters. The van der Waals surface area contributed by atoms with Gasteiger partial charge in [-0.3, -0.25) is 0 Å². The van der Waals surface area contributed by atoms with Crippen LogP contribution in [-0.2, 0) is 10.2 Å². The van der Waals surface area contributed by atoms with Crippen LogP contribution in [0.2, 0.25) is 0 Å². The lowest BCUT2D eigenvalue weighted by Crippen LogP contribution is -2.08. The molecule has 16 heavy (non-hydrogen) atoms. The highest BCUT2D eigenvalue weighted by molar-refractivity contribution is 5.77. The van der Waals surface area contributed by atoms with Crippen molar-refractivity contribution in [1.29, 1.82) is 0 Å². The van der Waals surface area contributed by atoms with Crippen molar-refractivity contribution >= 4 is 12.0 Å². The fourth-order valence-electron chi connectivity index (χ4n) is 2.12. The zero-order chi connectivity index (χ0) is 11.2. The maximum atomic E-state index is 11.1. The van der Waals surface area contributed by atoms with E-state index in [4.69, 9.17) is 9.47 Å². The summed E-state index contributed by atoms with van der Waals surface area (Å²) in [5.41, 5.74) is 1.60. The molecule has 3 rings (SSSR count). The van der Waals surface area contributed by atoms with Gasteiger partial charge >= 0.3 is 0 Å². The van der Waals surface area contributed by atoms with Gasteiger partial charge < -0.3 is 19.6 Å². The molecule has 1 heterocycles. The minimum Gasteiger partial charge on any atom is -0.494 e. The monoisotopic (exact) mass is 219 g/mol. The van der Waals surface area contributed by atoms with Gasteiger partial charge in [-0.1, -0.05) is 0 Å². The molecule has 84 valence electrons. The molecule has 1 saturated carbocycles. The lowest BCUT2D eigenvalue weighted by molar-refractivity contribution is -0.109. The molecule has 0 saturated heterocycles. The molecule has 1 fully saturated rings. The molecule has 0 bridgehead atoms. The number of anilines is 1. The Morgan fingerprint density at radius 1 is 1.50 bits per heavy atom. The summed E-state index contributed by atoms with van der Waals surface area (Å²) in [6, 6.07) is 3.88. The van der Waals surface area contributed by atoms with E-state index in [0.29, 0.717) is 6.73 Å². The summed E-state index contributed by atoms with van der Waals surface area (Å²) in [5.74, 6) is 1.53. The first-order chi connectivity index (χ1) is 7.79. The average molecular weight is 219 g/mol. The predicted molar refractivity (Wildman–Crippen MR) is 59.1 cm³/mol. The summed E-state index contributed by atoms with van der Waals surface area (Å²) >= 11 is 0. The van der Waals surface area contributed by atoms with E-state index < -0.39 is 0 Å². The van der Waals surface area contributed by atoms with E-state index in [1.807, 2.05) is 12.1 Å². The molecule has 0 spiro atoms. The summed E-state index contributed by atoms with van der Waals surface area (Å²) in [7, 11) is 1.62. The average Bonchev–Trinajstić information content (AvgIpc) is 2.99. The lowest BCUT2D eigenvalue weighted by atomic mass is 9.96. The fourth-order valence-corrected chi connectivity index (χ4v) is 2.12. The number of methoxy groups -OCH3 is 1. The molecular weight excluding hydrogens is 206 g/mol. The molecule has 1 aromatic rings. The Labute approximate surface area is 93.5 Å².